The third kappa shape index (κ3) is 6.35. The first kappa shape index (κ1) is 30.4. The minimum atomic E-state index is -5.11. The first-order valence-electron chi connectivity index (χ1n) is 12.5. The number of para-hydroxylation sites is 1. The van der Waals surface area contributed by atoms with Crippen LogP contribution in [0.25, 0.3) is 0 Å². The van der Waals surface area contributed by atoms with Crippen molar-refractivity contribution in [3.63, 3.8) is 0 Å². The van der Waals surface area contributed by atoms with Crippen molar-refractivity contribution in [2.45, 2.75) is 57.5 Å². The molecular formula is C28H30F4N4O4. The predicted molar refractivity (Wildman–Crippen MR) is 138 cm³/mol. The van der Waals surface area contributed by atoms with Gasteiger partial charge in [0.2, 0.25) is 11.8 Å². The van der Waals surface area contributed by atoms with E-state index in [-0.39, 0.29) is 30.2 Å². The standard InChI is InChI=1S/C28H30F4N4O4/c1-16(2)12-22(36(5)24(37)17-10-11-23(20(29)13-17)40-28(30,31)32)25(38)35(4)18(15-33)14-27(3)19-8-6-7-9-21(19)34-26(27)39/h6-11,13,16,18,22H,12,14H2,1-5H3,(H,34,39)/t18-,22-,27+/m0/s1. The highest BCUT2D eigenvalue weighted by Crippen LogP contribution is 2.41. The summed E-state index contributed by atoms with van der Waals surface area (Å²) in [6.07, 6.45) is -4.94. The van der Waals surface area contributed by atoms with Gasteiger partial charge in [-0.05, 0) is 55.5 Å². The first-order valence-corrected chi connectivity index (χ1v) is 12.5. The molecule has 3 rings (SSSR count). The molecule has 0 radical (unpaired) electrons. The molecule has 0 fully saturated rings. The van der Waals surface area contributed by atoms with Crippen LogP contribution in [0, 0.1) is 23.1 Å². The van der Waals surface area contributed by atoms with Crippen molar-refractivity contribution in [3.05, 3.63) is 59.4 Å². The van der Waals surface area contributed by atoms with Crippen LogP contribution in [0.5, 0.6) is 5.75 Å². The second-order valence-electron chi connectivity index (χ2n) is 10.4. The summed E-state index contributed by atoms with van der Waals surface area (Å²) in [4.78, 5) is 42.0. The molecule has 12 heteroatoms. The van der Waals surface area contributed by atoms with Crippen LogP contribution in [0.4, 0.5) is 23.2 Å². The summed E-state index contributed by atoms with van der Waals surface area (Å²) in [6.45, 7) is 5.34. The molecule has 3 atom stereocenters. The summed E-state index contributed by atoms with van der Waals surface area (Å²) in [5, 5.41) is 12.8. The minimum Gasteiger partial charge on any atom is -0.403 e. The molecule has 3 amide bonds. The van der Waals surface area contributed by atoms with Crippen molar-refractivity contribution in [2.75, 3.05) is 19.4 Å². The molecule has 1 aliphatic heterocycles. The topological polar surface area (TPSA) is 103 Å². The molecule has 40 heavy (non-hydrogen) atoms. The zero-order chi connectivity index (χ0) is 30.0. The highest BCUT2D eigenvalue weighted by atomic mass is 19.4. The van der Waals surface area contributed by atoms with Crippen LogP contribution >= 0.6 is 0 Å². The number of nitriles is 1. The molecule has 0 aliphatic carbocycles. The summed E-state index contributed by atoms with van der Waals surface area (Å²) in [5.41, 5.74) is -0.0459. The van der Waals surface area contributed by atoms with E-state index in [1.54, 1.807) is 31.2 Å². The quantitative estimate of drug-likeness (QED) is 0.440. The Bertz CT molecular complexity index is 1340. The van der Waals surface area contributed by atoms with Crippen molar-refractivity contribution in [1.82, 2.24) is 9.80 Å². The van der Waals surface area contributed by atoms with E-state index in [1.165, 1.54) is 19.0 Å². The Balaban J connectivity index is 1.85. The number of anilines is 1. The lowest BCUT2D eigenvalue weighted by Gasteiger charge is -2.35. The van der Waals surface area contributed by atoms with Crippen molar-refractivity contribution >= 4 is 23.4 Å². The maximum atomic E-state index is 14.3. The maximum absolute atomic E-state index is 14.3. The smallest absolute Gasteiger partial charge is 0.403 e. The van der Waals surface area contributed by atoms with E-state index in [1.807, 2.05) is 13.8 Å². The molecule has 1 aliphatic rings. The Kier molecular flexibility index (Phi) is 8.77. The van der Waals surface area contributed by atoms with Gasteiger partial charge in [-0.15, -0.1) is 13.2 Å². The molecule has 0 saturated carbocycles. The number of nitrogens with one attached hydrogen (secondary N) is 1. The van der Waals surface area contributed by atoms with Crippen molar-refractivity contribution in [3.8, 4) is 11.8 Å². The molecule has 8 nitrogen and oxygen atoms in total. The van der Waals surface area contributed by atoms with Gasteiger partial charge >= 0.3 is 6.36 Å². The normalized spacial score (nSPS) is 17.9. The van der Waals surface area contributed by atoms with E-state index in [2.05, 4.69) is 16.1 Å². The molecule has 0 saturated heterocycles. The number of hydrogen-bond acceptors (Lipinski definition) is 5. The number of nitrogens with zero attached hydrogens (tertiary/aromatic N) is 3. The monoisotopic (exact) mass is 562 g/mol. The van der Waals surface area contributed by atoms with Crippen molar-refractivity contribution in [1.29, 1.82) is 5.26 Å². The number of alkyl halides is 3. The van der Waals surface area contributed by atoms with Gasteiger partial charge < -0.3 is 19.9 Å². The zero-order valence-corrected chi connectivity index (χ0v) is 22.7. The second kappa shape index (κ2) is 11.5. The Morgan fingerprint density at radius 3 is 2.35 bits per heavy atom. The van der Waals surface area contributed by atoms with Crippen LogP contribution in [0.2, 0.25) is 0 Å². The molecule has 0 unspecified atom stereocenters. The second-order valence-corrected chi connectivity index (χ2v) is 10.4. The molecular weight excluding hydrogens is 532 g/mol. The lowest BCUT2D eigenvalue weighted by atomic mass is 9.78. The number of fused-ring (bicyclic) bond motifs is 1. The molecule has 214 valence electrons. The summed E-state index contributed by atoms with van der Waals surface area (Å²) in [6, 6.07) is 9.31. The van der Waals surface area contributed by atoms with E-state index in [0.29, 0.717) is 23.4 Å². The number of likely N-dealkylation sites (N-methyl/N-ethyl adjacent to an activating group) is 2. The SMILES string of the molecule is CC(C)C[C@@H](C(=O)N(C)[C@H](C#N)C[C@@]1(C)C(=O)Nc2ccccc21)N(C)C(=O)c1ccc(OC(F)(F)F)c(F)c1. The van der Waals surface area contributed by atoms with Gasteiger partial charge in [0.15, 0.2) is 11.6 Å². The number of carbonyl (C=O) groups is 3. The van der Waals surface area contributed by atoms with Gasteiger partial charge in [0.1, 0.15) is 12.1 Å². The third-order valence-corrected chi connectivity index (χ3v) is 7.01. The highest BCUT2D eigenvalue weighted by molar-refractivity contribution is 6.06. The number of rotatable bonds is 9. The highest BCUT2D eigenvalue weighted by Gasteiger charge is 2.46. The largest absolute Gasteiger partial charge is 0.573 e. The molecule has 0 bridgehead atoms. The number of carbonyl (C=O) groups excluding carboxylic acids is 3. The van der Waals surface area contributed by atoms with E-state index in [9.17, 15) is 37.2 Å². The number of amides is 3. The van der Waals surface area contributed by atoms with E-state index >= 15 is 0 Å². The number of ether oxygens (including phenoxy) is 1. The van der Waals surface area contributed by atoms with Gasteiger partial charge in [-0.2, -0.15) is 5.26 Å². The average molecular weight is 563 g/mol. The molecule has 0 aromatic heterocycles. The molecule has 2 aromatic carbocycles. The lowest BCUT2D eigenvalue weighted by Crippen LogP contribution is -2.52. The van der Waals surface area contributed by atoms with E-state index in [4.69, 9.17) is 0 Å². The Morgan fingerprint density at radius 1 is 1.12 bits per heavy atom. The van der Waals surface area contributed by atoms with Crippen molar-refractivity contribution in [2.24, 2.45) is 5.92 Å². The molecule has 1 N–H and O–H groups in total. The van der Waals surface area contributed by atoms with Crippen molar-refractivity contribution < 1.29 is 36.7 Å². The maximum Gasteiger partial charge on any atom is 0.573 e. The number of benzene rings is 2. The summed E-state index contributed by atoms with van der Waals surface area (Å²) in [5.74, 6) is -4.26. The van der Waals surface area contributed by atoms with Crippen LogP contribution in [0.1, 0.15) is 49.5 Å². The van der Waals surface area contributed by atoms with Crippen LogP contribution in [-0.4, -0.2) is 60.1 Å². The summed E-state index contributed by atoms with van der Waals surface area (Å²) >= 11 is 0. The Labute approximate surface area is 229 Å². The van der Waals surface area contributed by atoms with Gasteiger partial charge in [-0.1, -0.05) is 32.0 Å². The molecule has 1 heterocycles. The number of hydrogen-bond donors (Lipinski definition) is 1. The molecule has 0 spiro atoms. The van der Waals surface area contributed by atoms with Crippen LogP contribution in [0.15, 0.2) is 42.5 Å². The fraction of sp³-hybridized carbons (Fsp3) is 0.429. The van der Waals surface area contributed by atoms with Gasteiger partial charge in [-0.25, -0.2) is 4.39 Å². The Hall–Kier alpha value is -4.14. The van der Waals surface area contributed by atoms with E-state index in [0.717, 1.165) is 11.0 Å². The predicted octanol–water partition coefficient (Wildman–Crippen LogP) is 4.86. The van der Waals surface area contributed by atoms with Gasteiger partial charge in [0.25, 0.3) is 5.91 Å². The van der Waals surface area contributed by atoms with Gasteiger partial charge in [0, 0.05) is 25.3 Å². The third-order valence-electron chi connectivity index (χ3n) is 7.01. The van der Waals surface area contributed by atoms with Gasteiger partial charge in [-0.3, -0.25) is 14.4 Å². The van der Waals surface area contributed by atoms with E-state index < -0.39 is 47.2 Å². The average Bonchev–Trinajstić information content (AvgIpc) is 3.14. The fourth-order valence-electron chi connectivity index (χ4n) is 4.76. The molecule has 2 aromatic rings. The van der Waals surface area contributed by atoms with Crippen LogP contribution in [0.3, 0.4) is 0 Å². The first-order chi connectivity index (χ1) is 18.6. The lowest BCUT2D eigenvalue weighted by molar-refractivity contribution is -0.275. The van der Waals surface area contributed by atoms with Gasteiger partial charge in [0.05, 0.1) is 11.5 Å². The summed E-state index contributed by atoms with van der Waals surface area (Å²) in [7, 11) is 2.73. The Morgan fingerprint density at radius 2 is 1.77 bits per heavy atom. The number of halogens is 4. The minimum absolute atomic E-state index is 0.00742. The zero-order valence-electron chi connectivity index (χ0n) is 22.7. The summed E-state index contributed by atoms with van der Waals surface area (Å²) < 4.78 is 55.4. The fourth-order valence-corrected chi connectivity index (χ4v) is 4.76. The van der Waals surface area contributed by atoms with Crippen LogP contribution < -0.4 is 10.1 Å². The van der Waals surface area contributed by atoms with Crippen LogP contribution in [-0.2, 0) is 15.0 Å².